The van der Waals surface area contributed by atoms with Crippen LogP contribution in [-0.4, -0.2) is 41.2 Å². The molecule has 4 nitrogen and oxygen atoms in total. The average Bonchev–Trinajstić information content (AvgIpc) is 2.23. The highest BCUT2D eigenvalue weighted by Crippen LogP contribution is 2.15. The largest absolute Gasteiger partial charge is 0.453 e. The zero-order valence-corrected chi connectivity index (χ0v) is 8.86. The van der Waals surface area contributed by atoms with Crippen molar-refractivity contribution >= 4 is 5.97 Å². The summed E-state index contributed by atoms with van der Waals surface area (Å²) < 4.78 is 38.9. The lowest BCUT2D eigenvalue weighted by Crippen LogP contribution is -2.26. The molecule has 0 aliphatic heterocycles. The van der Waals surface area contributed by atoms with Crippen molar-refractivity contribution in [1.29, 1.82) is 0 Å². The van der Waals surface area contributed by atoms with Crippen LogP contribution < -0.4 is 0 Å². The van der Waals surface area contributed by atoms with E-state index in [1.807, 2.05) is 5.92 Å². The maximum Gasteiger partial charge on any atom is 0.422 e. The highest BCUT2D eigenvalue weighted by Gasteiger charge is 2.29. The second-order valence-corrected chi connectivity index (χ2v) is 3.17. The Bertz CT molecular complexity index is 340. The van der Waals surface area contributed by atoms with Crippen LogP contribution in [0, 0.1) is 12.3 Å². The van der Waals surface area contributed by atoms with Crippen molar-refractivity contribution in [3.05, 3.63) is 11.6 Å². The van der Waals surface area contributed by atoms with Gasteiger partial charge in [0.2, 0.25) is 0 Å². The summed E-state index contributed by atoms with van der Waals surface area (Å²) in [4.78, 5) is 10.9. The maximum atomic E-state index is 11.7. The third kappa shape index (κ3) is 6.60. The first kappa shape index (κ1) is 15.5. The molecular formula is C10H11F3O4. The Morgan fingerprint density at radius 1 is 1.53 bits per heavy atom. The number of hydrogen-bond donors (Lipinski definition) is 2. The average molecular weight is 252 g/mol. The molecule has 0 radical (unpaired) electrons. The monoisotopic (exact) mass is 252 g/mol. The van der Waals surface area contributed by atoms with Gasteiger partial charge in [-0.05, 0) is 12.5 Å². The number of aliphatic hydroxyl groups is 2. The molecule has 0 aliphatic carbocycles. The SMILES string of the molecule is C#C[C@H](O)[C@@H](O)/C(C)=C/C(=O)OCC(F)(F)F. The normalized spacial score (nSPS) is 15.9. The van der Waals surface area contributed by atoms with E-state index in [0.717, 1.165) is 0 Å². The van der Waals surface area contributed by atoms with Crippen LogP contribution in [0.15, 0.2) is 11.6 Å². The van der Waals surface area contributed by atoms with Crippen molar-refractivity contribution in [2.75, 3.05) is 6.61 Å². The number of ether oxygens (including phenoxy) is 1. The molecule has 2 atom stereocenters. The molecule has 0 heterocycles. The first-order valence-corrected chi connectivity index (χ1v) is 4.41. The third-order valence-corrected chi connectivity index (χ3v) is 1.66. The van der Waals surface area contributed by atoms with Gasteiger partial charge in [0, 0.05) is 6.08 Å². The van der Waals surface area contributed by atoms with Crippen LogP contribution in [0.1, 0.15) is 6.92 Å². The quantitative estimate of drug-likeness (QED) is 0.431. The van der Waals surface area contributed by atoms with E-state index < -0.39 is 31.0 Å². The Kier molecular flexibility index (Phi) is 5.71. The number of carbonyl (C=O) groups excluding carboxylic acids is 1. The molecule has 2 N–H and O–H groups in total. The molecule has 0 saturated heterocycles. The number of aliphatic hydroxyl groups excluding tert-OH is 2. The van der Waals surface area contributed by atoms with E-state index in [1.165, 1.54) is 6.92 Å². The first-order chi connectivity index (χ1) is 7.67. The highest BCUT2D eigenvalue weighted by atomic mass is 19.4. The lowest BCUT2D eigenvalue weighted by atomic mass is 10.1. The Labute approximate surface area is 95.7 Å². The van der Waals surface area contributed by atoms with E-state index in [9.17, 15) is 23.1 Å². The minimum absolute atomic E-state index is 0.0948. The van der Waals surface area contributed by atoms with Crippen LogP contribution in [0.4, 0.5) is 13.2 Å². The molecule has 0 aliphatic rings. The summed E-state index contributed by atoms with van der Waals surface area (Å²) in [5.74, 6) is 0.533. The van der Waals surface area contributed by atoms with Crippen molar-refractivity contribution in [3.8, 4) is 12.3 Å². The molecule has 0 spiro atoms. The summed E-state index contributed by atoms with van der Waals surface area (Å²) in [7, 11) is 0. The van der Waals surface area contributed by atoms with E-state index in [2.05, 4.69) is 4.74 Å². The number of rotatable bonds is 4. The number of hydrogen-bond acceptors (Lipinski definition) is 4. The van der Waals surface area contributed by atoms with Gasteiger partial charge >= 0.3 is 12.1 Å². The minimum atomic E-state index is -4.62. The molecule has 0 amide bonds. The van der Waals surface area contributed by atoms with Gasteiger partial charge in [-0.15, -0.1) is 6.42 Å². The summed E-state index contributed by atoms with van der Waals surface area (Å²) in [6, 6.07) is 0. The molecule has 96 valence electrons. The van der Waals surface area contributed by atoms with Crippen molar-refractivity contribution < 1.29 is 32.9 Å². The number of carbonyl (C=O) groups is 1. The summed E-state index contributed by atoms with van der Waals surface area (Å²) in [6.07, 6.45) is -2.25. The van der Waals surface area contributed by atoms with E-state index in [0.29, 0.717) is 6.08 Å². The molecule has 0 aromatic carbocycles. The van der Waals surface area contributed by atoms with Crippen molar-refractivity contribution in [2.45, 2.75) is 25.3 Å². The number of alkyl halides is 3. The van der Waals surface area contributed by atoms with Gasteiger partial charge in [0.15, 0.2) is 6.61 Å². The summed E-state index contributed by atoms with van der Waals surface area (Å²) in [5.41, 5.74) is -0.0948. The van der Waals surface area contributed by atoms with E-state index in [1.54, 1.807) is 0 Å². The zero-order chi connectivity index (χ0) is 13.6. The lowest BCUT2D eigenvalue weighted by molar-refractivity contribution is -0.182. The molecule has 0 aromatic heterocycles. The van der Waals surface area contributed by atoms with E-state index in [4.69, 9.17) is 11.5 Å². The Morgan fingerprint density at radius 2 is 2.06 bits per heavy atom. The third-order valence-electron chi connectivity index (χ3n) is 1.66. The first-order valence-electron chi connectivity index (χ1n) is 4.41. The molecular weight excluding hydrogens is 241 g/mol. The summed E-state index contributed by atoms with van der Waals surface area (Å²) >= 11 is 0. The van der Waals surface area contributed by atoms with Gasteiger partial charge in [0.1, 0.15) is 12.2 Å². The molecule has 0 fully saturated rings. The van der Waals surface area contributed by atoms with Gasteiger partial charge in [0.25, 0.3) is 0 Å². The van der Waals surface area contributed by atoms with Crippen LogP contribution in [0.2, 0.25) is 0 Å². The van der Waals surface area contributed by atoms with E-state index in [-0.39, 0.29) is 5.57 Å². The van der Waals surface area contributed by atoms with E-state index >= 15 is 0 Å². The van der Waals surface area contributed by atoms with Crippen molar-refractivity contribution in [1.82, 2.24) is 0 Å². The molecule has 0 saturated carbocycles. The molecule has 0 bridgehead atoms. The minimum Gasteiger partial charge on any atom is -0.453 e. The Morgan fingerprint density at radius 3 is 2.47 bits per heavy atom. The fourth-order valence-corrected chi connectivity index (χ4v) is 0.806. The predicted molar refractivity (Wildman–Crippen MR) is 51.6 cm³/mol. The zero-order valence-electron chi connectivity index (χ0n) is 8.86. The summed E-state index contributed by atoms with van der Waals surface area (Å²) in [6.45, 7) is -0.497. The molecule has 7 heteroatoms. The molecule has 0 rings (SSSR count). The smallest absolute Gasteiger partial charge is 0.422 e. The fraction of sp³-hybridized carbons (Fsp3) is 0.500. The van der Waals surface area contributed by atoms with Crippen LogP contribution >= 0.6 is 0 Å². The standard InChI is InChI=1S/C10H11F3O4/c1-3-7(14)9(16)6(2)4-8(15)17-5-10(11,12)13/h1,4,7,9,14,16H,5H2,2H3/b6-4+/t7-,9-/m0/s1. The second-order valence-electron chi connectivity index (χ2n) is 3.17. The van der Waals surface area contributed by atoms with Gasteiger partial charge in [-0.1, -0.05) is 5.92 Å². The van der Waals surface area contributed by atoms with Crippen molar-refractivity contribution in [2.24, 2.45) is 0 Å². The Hall–Kier alpha value is -1.52. The van der Waals surface area contributed by atoms with Crippen LogP contribution in [0.3, 0.4) is 0 Å². The molecule has 0 aromatic rings. The van der Waals surface area contributed by atoms with Gasteiger partial charge in [-0.2, -0.15) is 13.2 Å². The maximum absolute atomic E-state index is 11.7. The van der Waals surface area contributed by atoms with Gasteiger partial charge in [-0.25, -0.2) is 4.79 Å². The number of esters is 1. The second kappa shape index (κ2) is 6.27. The van der Waals surface area contributed by atoms with Crippen molar-refractivity contribution in [3.63, 3.8) is 0 Å². The highest BCUT2D eigenvalue weighted by molar-refractivity contribution is 5.82. The number of terminal acetylenes is 1. The fourth-order valence-electron chi connectivity index (χ4n) is 0.806. The van der Waals surface area contributed by atoms with Gasteiger partial charge in [0.05, 0.1) is 0 Å². The molecule has 17 heavy (non-hydrogen) atoms. The van der Waals surface area contributed by atoms with Crippen LogP contribution in [0.5, 0.6) is 0 Å². The van der Waals surface area contributed by atoms with Gasteiger partial charge < -0.3 is 14.9 Å². The Balaban J connectivity index is 4.40. The van der Waals surface area contributed by atoms with Gasteiger partial charge in [-0.3, -0.25) is 0 Å². The summed E-state index contributed by atoms with van der Waals surface area (Å²) in [5, 5.41) is 18.3. The predicted octanol–water partition coefficient (Wildman–Crippen LogP) is 0.393. The molecule has 0 unspecified atom stereocenters. The van der Waals surface area contributed by atoms with Crippen LogP contribution in [0.25, 0.3) is 0 Å². The number of halogens is 3. The lowest BCUT2D eigenvalue weighted by Gasteiger charge is -2.13. The topological polar surface area (TPSA) is 66.8 Å². The van der Waals surface area contributed by atoms with Crippen LogP contribution in [-0.2, 0) is 9.53 Å².